The van der Waals surface area contributed by atoms with Crippen LogP contribution in [0.2, 0.25) is 0 Å². The van der Waals surface area contributed by atoms with Crippen molar-refractivity contribution < 1.29 is 0 Å². The van der Waals surface area contributed by atoms with E-state index in [4.69, 9.17) is 0 Å². The van der Waals surface area contributed by atoms with Crippen molar-refractivity contribution in [1.29, 1.82) is 0 Å². The van der Waals surface area contributed by atoms with Crippen LogP contribution in [0.25, 0.3) is 0 Å². The van der Waals surface area contributed by atoms with Gasteiger partial charge in [-0.2, -0.15) is 11.8 Å². The third-order valence-electron chi connectivity index (χ3n) is 2.72. The summed E-state index contributed by atoms with van der Waals surface area (Å²) in [5.41, 5.74) is 2.51. The molecule has 0 unspecified atom stereocenters. The molecule has 1 N–H and O–H groups in total. The minimum absolute atomic E-state index is 0.955. The van der Waals surface area contributed by atoms with Gasteiger partial charge in [0.15, 0.2) is 0 Å². The minimum atomic E-state index is 0.955. The van der Waals surface area contributed by atoms with Crippen molar-refractivity contribution in [3.63, 3.8) is 0 Å². The highest BCUT2D eigenvalue weighted by molar-refractivity contribution is 7.97. The number of thioether (sulfide) groups is 1. The molecule has 0 bridgehead atoms. The number of pyridine rings is 1. The molecule has 0 fully saturated rings. The molecule has 0 atom stereocenters. The number of hydrogen-bond acceptors (Lipinski definition) is 3. The SMILES string of the molecule is CCCNc1cccc(CSCc2ccccc2)n1. The van der Waals surface area contributed by atoms with Gasteiger partial charge in [-0.3, -0.25) is 0 Å². The molecule has 0 aliphatic heterocycles. The summed E-state index contributed by atoms with van der Waals surface area (Å²) in [4.78, 5) is 4.61. The molecule has 0 spiro atoms. The molecule has 1 aromatic heterocycles. The van der Waals surface area contributed by atoms with Crippen LogP contribution < -0.4 is 5.32 Å². The molecule has 0 aliphatic rings. The first-order valence-electron chi connectivity index (χ1n) is 6.70. The van der Waals surface area contributed by atoms with Crippen molar-refractivity contribution in [2.24, 2.45) is 0 Å². The summed E-state index contributed by atoms with van der Waals surface area (Å²) in [5.74, 6) is 2.98. The Morgan fingerprint density at radius 3 is 2.63 bits per heavy atom. The van der Waals surface area contributed by atoms with Crippen molar-refractivity contribution in [3.05, 3.63) is 59.8 Å². The third-order valence-corrected chi connectivity index (χ3v) is 3.76. The smallest absolute Gasteiger partial charge is 0.126 e. The molecule has 100 valence electrons. The molecule has 3 heteroatoms. The molecule has 1 aromatic carbocycles. The van der Waals surface area contributed by atoms with Crippen LogP contribution in [0, 0.1) is 0 Å². The maximum Gasteiger partial charge on any atom is 0.126 e. The van der Waals surface area contributed by atoms with Crippen molar-refractivity contribution >= 4 is 17.6 Å². The quantitative estimate of drug-likeness (QED) is 0.811. The first-order chi connectivity index (χ1) is 9.38. The lowest BCUT2D eigenvalue weighted by Gasteiger charge is -2.06. The summed E-state index contributed by atoms with van der Waals surface area (Å²) in [6, 6.07) is 16.8. The van der Waals surface area contributed by atoms with Crippen molar-refractivity contribution in [2.45, 2.75) is 24.9 Å². The molecular formula is C16H20N2S. The molecule has 0 radical (unpaired) electrons. The summed E-state index contributed by atoms with van der Waals surface area (Å²) in [7, 11) is 0. The summed E-state index contributed by atoms with van der Waals surface area (Å²) in [6.07, 6.45) is 1.12. The van der Waals surface area contributed by atoms with Crippen LogP contribution in [0.4, 0.5) is 5.82 Å². The number of aromatic nitrogens is 1. The number of anilines is 1. The molecule has 2 nitrogen and oxygen atoms in total. The molecular weight excluding hydrogens is 252 g/mol. The molecule has 2 rings (SSSR count). The Balaban J connectivity index is 1.82. The maximum atomic E-state index is 4.61. The number of hydrogen-bond donors (Lipinski definition) is 1. The standard InChI is InChI=1S/C16H20N2S/c1-2-11-17-16-10-6-9-15(18-16)13-19-12-14-7-4-3-5-8-14/h3-10H,2,11-13H2,1H3,(H,17,18). The Kier molecular flexibility index (Phi) is 5.76. The second-order valence-electron chi connectivity index (χ2n) is 4.42. The zero-order chi connectivity index (χ0) is 13.3. The number of nitrogens with zero attached hydrogens (tertiary/aromatic N) is 1. The average Bonchev–Trinajstić information content (AvgIpc) is 2.47. The van der Waals surface area contributed by atoms with Crippen molar-refractivity contribution in [1.82, 2.24) is 4.98 Å². The van der Waals surface area contributed by atoms with Crippen LogP contribution in [-0.2, 0) is 11.5 Å². The fraction of sp³-hybridized carbons (Fsp3) is 0.312. The van der Waals surface area contributed by atoms with E-state index in [1.54, 1.807) is 0 Å². The van der Waals surface area contributed by atoms with Crippen molar-refractivity contribution in [3.8, 4) is 0 Å². The highest BCUT2D eigenvalue weighted by atomic mass is 32.2. The van der Waals surface area contributed by atoms with Crippen LogP contribution in [0.3, 0.4) is 0 Å². The highest BCUT2D eigenvalue weighted by Gasteiger charge is 1.98. The molecule has 2 aromatic rings. The van der Waals surface area contributed by atoms with E-state index in [-0.39, 0.29) is 0 Å². The van der Waals surface area contributed by atoms with Gasteiger partial charge in [-0.05, 0) is 24.1 Å². The average molecular weight is 272 g/mol. The Hall–Kier alpha value is -1.48. The summed E-state index contributed by atoms with van der Waals surface area (Å²) in [5, 5.41) is 3.32. The van der Waals surface area contributed by atoms with Crippen LogP contribution in [-0.4, -0.2) is 11.5 Å². The first-order valence-corrected chi connectivity index (χ1v) is 7.85. The van der Waals surface area contributed by atoms with Gasteiger partial charge in [0.05, 0.1) is 5.69 Å². The van der Waals surface area contributed by atoms with Gasteiger partial charge in [-0.15, -0.1) is 0 Å². The Labute approximate surface area is 119 Å². The largest absolute Gasteiger partial charge is 0.370 e. The summed E-state index contributed by atoms with van der Waals surface area (Å²) >= 11 is 1.90. The van der Waals surface area contributed by atoms with E-state index in [2.05, 4.69) is 59.7 Å². The zero-order valence-electron chi connectivity index (χ0n) is 11.3. The second kappa shape index (κ2) is 7.85. The molecule has 1 heterocycles. The molecule has 0 amide bonds. The van der Waals surface area contributed by atoms with E-state index >= 15 is 0 Å². The van der Waals surface area contributed by atoms with Gasteiger partial charge in [0, 0.05) is 18.1 Å². The predicted octanol–water partition coefficient (Wildman–Crippen LogP) is 4.34. The van der Waals surface area contributed by atoms with Crippen LogP contribution >= 0.6 is 11.8 Å². The van der Waals surface area contributed by atoms with E-state index in [0.717, 1.165) is 36.0 Å². The van der Waals surface area contributed by atoms with Crippen LogP contribution in [0.5, 0.6) is 0 Å². The van der Waals surface area contributed by atoms with Gasteiger partial charge in [0.2, 0.25) is 0 Å². The fourth-order valence-electron chi connectivity index (χ4n) is 1.76. The van der Waals surface area contributed by atoms with Gasteiger partial charge in [-0.1, -0.05) is 43.3 Å². The van der Waals surface area contributed by atoms with Gasteiger partial charge < -0.3 is 5.32 Å². The Morgan fingerprint density at radius 1 is 1.00 bits per heavy atom. The Bertz CT molecular complexity index is 485. The molecule has 0 aliphatic carbocycles. The monoisotopic (exact) mass is 272 g/mol. The lowest BCUT2D eigenvalue weighted by atomic mass is 10.2. The lowest BCUT2D eigenvalue weighted by molar-refractivity contribution is 0.965. The normalized spacial score (nSPS) is 10.4. The topological polar surface area (TPSA) is 24.9 Å². The van der Waals surface area contributed by atoms with E-state index in [0.29, 0.717) is 0 Å². The van der Waals surface area contributed by atoms with E-state index in [1.807, 2.05) is 17.8 Å². The van der Waals surface area contributed by atoms with Gasteiger partial charge in [-0.25, -0.2) is 4.98 Å². The fourth-order valence-corrected chi connectivity index (χ4v) is 2.66. The van der Waals surface area contributed by atoms with Crippen LogP contribution in [0.1, 0.15) is 24.6 Å². The predicted molar refractivity (Wildman–Crippen MR) is 84.5 cm³/mol. The molecule has 19 heavy (non-hydrogen) atoms. The second-order valence-corrected chi connectivity index (χ2v) is 5.40. The van der Waals surface area contributed by atoms with E-state index in [1.165, 1.54) is 5.56 Å². The minimum Gasteiger partial charge on any atom is -0.370 e. The number of benzene rings is 1. The lowest BCUT2D eigenvalue weighted by Crippen LogP contribution is -2.02. The first kappa shape index (κ1) is 13.9. The number of nitrogens with one attached hydrogen (secondary N) is 1. The third kappa shape index (κ3) is 4.95. The molecule has 0 saturated carbocycles. The summed E-state index contributed by atoms with van der Waals surface area (Å²) < 4.78 is 0. The Morgan fingerprint density at radius 2 is 1.84 bits per heavy atom. The number of rotatable bonds is 7. The van der Waals surface area contributed by atoms with E-state index < -0.39 is 0 Å². The van der Waals surface area contributed by atoms with E-state index in [9.17, 15) is 0 Å². The zero-order valence-corrected chi connectivity index (χ0v) is 12.1. The van der Waals surface area contributed by atoms with Crippen LogP contribution in [0.15, 0.2) is 48.5 Å². The van der Waals surface area contributed by atoms with Gasteiger partial charge >= 0.3 is 0 Å². The van der Waals surface area contributed by atoms with Crippen molar-refractivity contribution in [2.75, 3.05) is 11.9 Å². The highest BCUT2D eigenvalue weighted by Crippen LogP contribution is 2.17. The molecule has 0 saturated heterocycles. The van der Waals surface area contributed by atoms with Gasteiger partial charge in [0.25, 0.3) is 0 Å². The van der Waals surface area contributed by atoms with Gasteiger partial charge in [0.1, 0.15) is 5.82 Å². The maximum absolute atomic E-state index is 4.61. The summed E-state index contributed by atoms with van der Waals surface area (Å²) in [6.45, 7) is 3.14.